The van der Waals surface area contributed by atoms with E-state index in [-0.39, 0.29) is 0 Å². The first-order chi connectivity index (χ1) is 3.95. The summed E-state index contributed by atoms with van der Waals surface area (Å²) in [5.74, 6) is 0. The first-order valence-corrected chi connectivity index (χ1v) is 4.27. The zero-order valence-corrected chi connectivity index (χ0v) is 6.01. The van der Waals surface area contributed by atoms with Gasteiger partial charge in [0.25, 0.3) is 0 Å². The normalized spacial score (nSPS) is 14.4. The van der Waals surface area contributed by atoms with E-state index >= 15 is 0 Å². The molecular weight excluding hydrogens is 164 g/mol. The molecule has 0 spiro atoms. The molecule has 6 heteroatoms. The van der Waals surface area contributed by atoms with Crippen LogP contribution in [0.3, 0.4) is 0 Å². The number of nitrogens with zero attached hydrogens (tertiary/aromatic N) is 1. The van der Waals surface area contributed by atoms with Crippen LogP contribution in [0.2, 0.25) is 0 Å². The third-order valence-electron chi connectivity index (χ3n) is 0.538. The predicted octanol–water partition coefficient (Wildman–Crippen LogP) is 0.295. The maximum atomic E-state index is 10.1. The molecule has 2 N–H and O–H groups in total. The van der Waals surface area contributed by atoms with Gasteiger partial charge in [0.15, 0.2) is 0 Å². The van der Waals surface area contributed by atoms with Gasteiger partial charge in [0.2, 0.25) is 0 Å². The van der Waals surface area contributed by atoms with Gasteiger partial charge in [0.1, 0.15) is 5.38 Å². The van der Waals surface area contributed by atoms with Crippen LogP contribution in [0.25, 0.3) is 0 Å². The van der Waals surface area contributed by atoms with Crippen LogP contribution in [-0.4, -0.2) is 21.3 Å². The fraction of sp³-hybridized carbons (Fsp3) is 0.667. The van der Waals surface area contributed by atoms with Gasteiger partial charge in [-0.05, 0) is 0 Å². The Balaban J connectivity index is 3.78. The monoisotopic (exact) mass is 169 g/mol. The summed E-state index contributed by atoms with van der Waals surface area (Å²) in [6, 6.07) is 1.49. The van der Waals surface area contributed by atoms with Crippen LogP contribution < -0.4 is 0 Å². The molecule has 0 heterocycles. The zero-order valence-electron chi connectivity index (χ0n) is 4.36. The molecule has 52 valence electrons. The first-order valence-electron chi connectivity index (χ1n) is 2.04. The number of hydrogen-bond acceptors (Lipinski definition) is 2. The summed E-state index contributed by atoms with van der Waals surface area (Å²) in [6.07, 6.45) is -0.578. The van der Waals surface area contributed by atoms with Crippen LogP contribution in [0.15, 0.2) is 0 Å². The molecule has 0 aromatic heterocycles. The molecule has 0 bridgehead atoms. The lowest BCUT2D eigenvalue weighted by Crippen LogP contribution is -2.01. The Bertz CT molecular complexity index is 170. The highest BCUT2D eigenvalue weighted by Crippen LogP contribution is 2.35. The minimum absolute atomic E-state index is 0.578. The molecule has 0 aliphatic heterocycles. The molecule has 0 rings (SSSR count). The summed E-state index contributed by atoms with van der Waals surface area (Å²) in [5, 5.41) is 6.88. The molecule has 1 atom stereocenters. The highest BCUT2D eigenvalue weighted by molar-refractivity contribution is 7.51. The Kier molecular flexibility index (Phi) is 3.16. The lowest BCUT2D eigenvalue weighted by Gasteiger charge is -2.00. The molecule has 0 aromatic rings. The molecule has 0 amide bonds. The van der Waals surface area contributed by atoms with Crippen molar-refractivity contribution < 1.29 is 14.4 Å². The van der Waals surface area contributed by atoms with Crippen molar-refractivity contribution in [3.05, 3.63) is 0 Å². The Morgan fingerprint density at radius 3 is 2.33 bits per heavy atom. The Hall–Kier alpha value is -0.0700. The Labute approximate surface area is 57.2 Å². The second kappa shape index (κ2) is 3.19. The van der Waals surface area contributed by atoms with Gasteiger partial charge in [-0.25, -0.2) is 0 Å². The first kappa shape index (κ1) is 8.93. The maximum Gasteiger partial charge on any atom is 0.328 e. The number of rotatable bonds is 2. The van der Waals surface area contributed by atoms with Crippen LogP contribution in [0, 0.1) is 11.3 Å². The summed E-state index contributed by atoms with van der Waals surface area (Å²) < 4.78 is 10.1. The Morgan fingerprint density at radius 1 is 1.78 bits per heavy atom. The van der Waals surface area contributed by atoms with Crippen molar-refractivity contribution in [3.8, 4) is 6.07 Å². The number of halogens is 1. The molecule has 4 nitrogen and oxygen atoms in total. The van der Waals surface area contributed by atoms with Crippen LogP contribution >= 0.6 is 19.2 Å². The molecule has 0 radical (unpaired) electrons. The van der Waals surface area contributed by atoms with Crippen molar-refractivity contribution in [3.63, 3.8) is 0 Å². The van der Waals surface area contributed by atoms with Gasteiger partial charge in [-0.2, -0.15) is 5.26 Å². The standard InChI is InChI=1S/C3H5ClNO3P/c4-3(1-5)2-9(6,7)8/h3H,2H2,(H2,6,7,8). The van der Waals surface area contributed by atoms with Crippen molar-refractivity contribution in [1.29, 1.82) is 5.26 Å². The second-order valence-electron chi connectivity index (χ2n) is 1.44. The average Bonchev–Trinajstić information content (AvgIpc) is 1.62. The van der Waals surface area contributed by atoms with E-state index in [4.69, 9.17) is 26.6 Å². The molecular formula is C3H5ClNO3P. The van der Waals surface area contributed by atoms with Crippen molar-refractivity contribution in [2.24, 2.45) is 0 Å². The van der Waals surface area contributed by atoms with Crippen LogP contribution in [0.5, 0.6) is 0 Å². The van der Waals surface area contributed by atoms with E-state index in [0.717, 1.165) is 0 Å². The lowest BCUT2D eigenvalue weighted by molar-refractivity contribution is 0.374. The molecule has 0 saturated heterocycles. The average molecular weight is 170 g/mol. The minimum atomic E-state index is -4.09. The maximum absolute atomic E-state index is 10.1. The van der Waals surface area contributed by atoms with Crippen molar-refractivity contribution in [2.45, 2.75) is 5.38 Å². The second-order valence-corrected chi connectivity index (χ2v) is 3.67. The number of nitriles is 1. The van der Waals surface area contributed by atoms with Crippen molar-refractivity contribution in [2.75, 3.05) is 6.16 Å². The van der Waals surface area contributed by atoms with Crippen molar-refractivity contribution >= 4 is 19.2 Å². The predicted molar refractivity (Wildman–Crippen MR) is 32.2 cm³/mol. The largest absolute Gasteiger partial charge is 0.328 e. The van der Waals surface area contributed by atoms with E-state index in [2.05, 4.69) is 0 Å². The van der Waals surface area contributed by atoms with Gasteiger partial charge < -0.3 is 9.79 Å². The molecule has 0 aliphatic carbocycles. The van der Waals surface area contributed by atoms with E-state index in [1.165, 1.54) is 6.07 Å². The molecule has 0 fully saturated rings. The molecule has 0 saturated carbocycles. The molecule has 1 unspecified atom stereocenters. The van der Waals surface area contributed by atoms with Gasteiger partial charge in [-0.3, -0.25) is 4.57 Å². The summed E-state index contributed by atoms with van der Waals surface area (Å²) in [7, 11) is -4.09. The smallest absolute Gasteiger partial charge is 0.324 e. The van der Waals surface area contributed by atoms with Gasteiger partial charge in [-0.1, -0.05) is 0 Å². The van der Waals surface area contributed by atoms with E-state index in [1.54, 1.807) is 0 Å². The molecule has 9 heavy (non-hydrogen) atoms. The fourth-order valence-electron chi connectivity index (χ4n) is 0.250. The van der Waals surface area contributed by atoms with Crippen LogP contribution in [0.4, 0.5) is 0 Å². The van der Waals surface area contributed by atoms with Crippen LogP contribution in [-0.2, 0) is 4.57 Å². The number of hydrogen-bond donors (Lipinski definition) is 2. The Morgan fingerprint density at radius 2 is 2.22 bits per heavy atom. The summed E-state index contributed by atoms with van der Waals surface area (Å²) in [5.41, 5.74) is 0. The summed E-state index contributed by atoms with van der Waals surface area (Å²) >= 11 is 5.10. The summed E-state index contributed by atoms with van der Waals surface area (Å²) in [6.45, 7) is 0. The van der Waals surface area contributed by atoms with Gasteiger partial charge >= 0.3 is 7.60 Å². The van der Waals surface area contributed by atoms with Gasteiger partial charge in [0, 0.05) is 0 Å². The molecule has 0 aliphatic rings. The van der Waals surface area contributed by atoms with Gasteiger partial charge in [-0.15, -0.1) is 11.6 Å². The van der Waals surface area contributed by atoms with Crippen molar-refractivity contribution in [1.82, 2.24) is 0 Å². The molecule has 0 aromatic carbocycles. The summed E-state index contributed by atoms with van der Waals surface area (Å²) in [4.78, 5) is 16.4. The fourth-order valence-corrected chi connectivity index (χ4v) is 1.29. The zero-order chi connectivity index (χ0) is 7.49. The highest BCUT2D eigenvalue weighted by Gasteiger charge is 2.18. The van der Waals surface area contributed by atoms with E-state index in [9.17, 15) is 4.57 Å². The van der Waals surface area contributed by atoms with E-state index < -0.39 is 19.1 Å². The SMILES string of the molecule is N#CC(Cl)CP(=O)(O)O. The van der Waals surface area contributed by atoms with E-state index in [1.807, 2.05) is 0 Å². The van der Waals surface area contributed by atoms with Crippen LogP contribution in [0.1, 0.15) is 0 Å². The quantitative estimate of drug-likeness (QED) is 0.460. The number of alkyl halides is 1. The lowest BCUT2D eigenvalue weighted by atomic mass is 10.5. The highest BCUT2D eigenvalue weighted by atomic mass is 35.5. The topological polar surface area (TPSA) is 81.3 Å². The third kappa shape index (κ3) is 5.81. The third-order valence-corrected chi connectivity index (χ3v) is 1.85. The minimum Gasteiger partial charge on any atom is -0.324 e. The van der Waals surface area contributed by atoms with E-state index in [0.29, 0.717) is 0 Å². The van der Waals surface area contributed by atoms with Gasteiger partial charge in [0.05, 0.1) is 12.2 Å².